The van der Waals surface area contributed by atoms with Crippen LogP contribution in [0.3, 0.4) is 0 Å². The molecule has 2 heterocycles. The van der Waals surface area contributed by atoms with Crippen molar-refractivity contribution in [3.63, 3.8) is 0 Å². The van der Waals surface area contributed by atoms with Crippen molar-refractivity contribution >= 4 is 5.97 Å². The van der Waals surface area contributed by atoms with Gasteiger partial charge in [-0.15, -0.1) is 0 Å². The van der Waals surface area contributed by atoms with E-state index in [0.29, 0.717) is 5.69 Å². The van der Waals surface area contributed by atoms with Crippen molar-refractivity contribution in [1.82, 2.24) is 9.55 Å². The molecule has 1 aromatic rings. The van der Waals surface area contributed by atoms with Crippen LogP contribution in [0.5, 0.6) is 0 Å². The van der Waals surface area contributed by atoms with E-state index in [9.17, 15) is 15.0 Å². The minimum absolute atomic E-state index is 0.129. The van der Waals surface area contributed by atoms with Crippen LogP contribution < -0.4 is 0 Å². The zero-order valence-corrected chi connectivity index (χ0v) is 11.3. The Kier molecular flexibility index (Phi) is 4.39. The number of aliphatic hydroxyl groups is 3. The van der Waals surface area contributed by atoms with Crippen LogP contribution in [0.4, 0.5) is 0 Å². The van der Waals surface area contributed by atoms with Gasteiger partial charge in [-0.05, 0) is 13.8 Å². The zero-order valence-electron chi connectivity index (χ0n) is 11.3. The molecule has 2 rings (SSSR count). The van der Waals surface area contributed by atoms with Gasteiger partial charge in [0.2, 0.25) is 0 Å². The van der Waals surface area contributed by atoms with Gasteiger partial charge in [0, 0.05) is 0 Å². The summed E-state index contributed by atoms with van der Waals surface area (Å²) in [4.78, 5) is 15.6. The number of hydrogen-bond acceptors (Lipinski definition) is 7. The van der Waals surface area contributed by atoms with E-state index >= 15 is 0 Å². The summed E-state index contributed by atoms with van der Waals surface area (Å²) in [6.45, 7) is 3.15. The molecular weight excluding hydrogens is 268 g/mol. The number of esters is 1. The van der Waals surface area contributed by atoms with Crippen molar-refractivity contribution in [2.45, 2.75) is 38.4 Å². The molecule has 8 heteroatoms. The van der Waals surface area contributed by atoms with Gasteiger partial charge in [0.15, 0.2) is 11.9 Å². The van der Waals surface area contributed by atoms with Crippen molar-refractivity contribution in [1.29, 1.82) is 0 Å². The Morgan fingerprint density at radius 2 is 2.20 bits per heavy atom. The molecule has 0 aromatic carbocycles. The van der Waals surface area contributed by atoms with Gasteiger partial charge in [0.25, 0.3) is 0 Å². The predicted molar refractivity (Wildman–Crippen MR) is 65.9 cm³/mol. The first kappa shape index (κ1) is 14.9. The summed E-state index contributed by atoms with van der Waals surface area (Å²) < 4.78 is 11.7. The molecule has 0 spiro atoms. The van der Waals surface area contributed by atoms with E-state index in [1.165, 1.54) is 10.9 Å². The minimum Gasteiger partial charge on any atom is -0.461 e. The van der Waals surface area contributed by atoms with E-state index in [1.807, 2.05) is 0 Å². The summed E-state index contributed by atoms with van der Waals surface area (Å²) in [7, 11) is 0. The molecule has 1 aromatic heterocycles. The molecule has 0 amide bonds. The molecule has 0 saturated carbocycles. The Morgan fingerprint density at radius 1 is 1.50 bits per heavy atom. The van der Waals surface area contributed by atoms with Crippen molar-refractivity contribution < 1.29 is 29.6 Å². The summed E-state index contributed by atoms with van der Waals surface area (Å²) in [5.74, 6) is -0.560. The topological polar surface area (TPSA) is 114 Å². The highest BCUT2D eigenvalue weighted by Gasteiger charge is 2.44. The van der Waals surface area contributed by atoms with Crippen molar-refractivity contribution in [2.24, 2.45) is 0 Å². The molecule has 3 N–H and O–H groups in total. The third-order valence-corrected chi connectivity index (χ3v) is 3.30. The molecule has 0 radical (unpaired) electrons. The fourth-order valence-electron chi connectivity index (χ4n) is 2.19. The lowest BCUT2D eigenvalue weighted by Crippen LogP contribution is -2.33. The Hall–Kier alpha value is -1.48. The molecule has 112 valence electrons. The van der Waals surface area contributed by atoms with Gasteiger partial charge < -0.3 is 29.4 Å². The maximum absolute atomic E-state index is 11.7. The maximum atomic E-state index is 11.7. The van der Waals surface area contributed by atoms with Gasteiger partial charge in [-0.3, -0.25) is 0 Å². The molecule has 1 fully saturated rings. The highest BCUT2D eigenvalue weighted by atomic mass is 16.6. The van der Waals surface area contributed by atoms with Crippen LogP contribution in [0.15, 0.2) is 6.33 Å². The van der Waals surface area contributed by atoms with Crippen LogP contribution in [0.2, 0.25) is 0 Å². The average Bonchev–Trinajstić information content (AvgIpc) is 2.93. The standard InChI is InChI=1S/C12H18N2O6/c1-3-19-12(18)8-6(2)14(5-13-8)11-10(17)9(16)7(4-15)20-11/h5,7,9-11,15-17H,3-4H2,1-2H3/t7-,9-,10-,11-/m1/s1. The highest BCUT2D eigenvalue weighted by Crippen LogP contribution is 2.30. The van der Waals surface area contributed by atoms with E-state index in [4.69, 9.17) is 14.6 Å². The van der Waals surface area contributed by atoms with E-state index in [2.05, 4.69) is 4.98 Å². The van der Waals surface area contributed by atoms with Gasteiger partial charge in [0.05, 0.1) is 25.2 Å². The predicted octanol–water partition coefficient (Wildman–Crippen LogP) is -1.02. The third kappa shape index (κ3) is 2.42. The fourth-order valence-corrected chi connectivity index (χ4v) is 2.19. The first-order valence-electron chi connectivity index (χ1n) is 6.34. The molecule has 1 aliphatic heterocycles. The number of rotatable bonds is 4. The molecule has 0 bridgehead atoms. The summed E-state index contributed by atoms with van der Waals surface area (Å²) in [5.41, 5.74) is 0.586. The molecule has 0 unspecified atom stereocenters. The summed E-state index contributed by atoms with van der Waals surface area (Å²) in [6, 6.07) is 0. The smallest absolute Gasteiger partial charge is 0.358 e. The average molecular weight is 286 g/mol. The number of aromatic nitrogens is 2. The van der Waals surface area contributed by atoms with Gasteiger partial charge in [-0.25, -0.2) is 9.78 Å². The summed E-state index contributed by atoms with van der Waals surface area (Å²) >= 11 is 0. The van der Waals surface area contributed by atoms with Crippen LogP contribution in [-0.2, 0) is 9.47 Å². The number of aliphatic hydroxyl groups excluding tert-OH is 3. The van der Waals surface area contributed by atoms with Crippen LogP contribution in [0, 0.1) is 6.92 Å². The Morgan fingerprint density at radius 3 is 2.75 bits per heavy atom. The second-order valence-electron chi connectivity index (χ2n) is 4.54. The van der Waals surface area contributed by atoms with E-state index < -0.39 is 37.1 Å². The molecule has 1 aliphatic rings. The van der Waals surface area contributed by atoms with Crippen LogP contribution in [0.25, 0.3) is 0 Å². The highest BCUT2D eigenvalue weighted by molar-refractivity contribution is 5.88. The second-order valence-corrected chi connectivity index (χ2v) is 4.54. The Bertz CT molecular complexity index is 488. The maximum Gasteiger partial charge on any atom is 0.358 e. The van der Waals surface area contributed by atoms with Crippen molar-refractivity contribution in [3.05, 3.63) is 17.7 Å². The second kappa shape index (κ2) is 5.88. The van der Waals surface area contributed by atoms with E-state index in [-0.39, 0.29) is 12.3 Å². The van der Waals surface area contributed by atoms with Crippen molar-refractivity contribution in [2.75, 3.05) is 13.2 Å². The molecule has 0 aliphatic carbocycles. The van der Waals surface area contributed by atoms with Gasteiger partial charge in [-0.2, -0.15) is 0 Å². The fraction of sp³-hybridized carbons (Fsp3) is 0.667. The van der Waals surface area contributed by atoms with Gasteiger partial charge in [0.1, 0.15) is 18.3 Å². The van der Waals surface area contributed by atoms with Crippen molar-refractivity contribution in [3.8, 4) is 0 Å². The first-order chi connectivity index (χ1) is 9.51. The monoisotopic (exact) mass is 286 g/mol. The number of nitrogens with zero attached hydrogens (tertiary/aromatic N) is 2. The van der Waals surface area contributed by atoms with Crippen LogP contribution in [-0.4, -0.2) is 62.4 Å². The molecular formula is C12H18N2O6. The summed E-state index contributed by atoms with van der Waals surface area (Å²) in [5, 5.41) is 28.7. The zero-order chi connectivity index (χ0) is 14.9. The lowest BCUT2D eigenvalue weighted by molar-refractivity contribution is -0.0536. The van der Waals surface area contributed by atoms with Gasteiger partial charge in [-0.1, -0.05) is 0 Å². The number of ether oxygens (including phenoxy) is 2. The van der Waals surface area contributed by atoms with Crippen LogP contribution in [0.1, 0.15) is 29.3 Å². The normalized spacial score (nSPS) is 29.6. The molecule has 1 saturated heterocycles. The van der Waals surface area contributed by atoms with Gasteiger partial charge >= 0.3 is 5.97 Å². The van der Waals surface area contributed by atoms with E-state index in [1.54, 1.807) is 13.8 Å². The quantitative estimate of drug-likeness (QED) is 0.607. The number of imidazole rings is 1. The molecule has 8 nitrogen and oxygen atoms in total. The number of hydrogen-bond donors (Lipinski definition) is 3. The largest absolute Gasteiger partial charge is 0.461 e. The molecule has 4 atom stereocenters. The third-order valence-electron chi connectivity index (χ3n) is 3.30. The van der Waals surface area contributed by atoms with Crippen LogP contribution >= 0.6 is 0 Å². The Balaban J connectivity index is 2.24. The Labute approximate surface area is 115 Å². The first-order valence-corrected chi connectivity index (χ1v) is 6.34. The lowest BCUT2D eigenvalue weighted by atomic mass is 10.1. The lowest BCUT2D eigenvalue weighted by Gasteiger charge is -2.17. The SMILES string of the molecule is CCOC(=O)c1ncn([C@@H]2O[C@H](CO)[C@@H](O)[C@H]2O)c1C. The van der Waals surface area contributed by atoms with E-state index in [0.717, 1.165) is 0 Å². The number of carbonyl (C=O) groups excluding carboxylic acids is 1. The molecule has 20 heavy (non-hydrogen) atoms. The minimum atomic E-state index is -1.21. The number of carbonyl (C=O) groups is 1. The summed E-state index contributed by atoms with van der Waals surface area (Å²) in [6.07, 6.45) is -2.85.